The fraction of sp³-hybridized carbons (Fsp3) is 0.158. The van der Waals surface area contributed by atoms with Crippen molar-refractivity contribution in [1.82, 2.24) is 14.9 Å². The van der Waals surface area contributed by atoms with Gasteiger partial charge in [-0.3, -0.25) is 4.79 Å². The van der Waals surface area contributed by atoms with Crippen LogP contribution in [0.1, 0.15) is 12.0 Å². The van der Waals surface area contributed by atoms with Gasteiger partial charge >= 0.3 is 0 Å². The second-order valence-electron chi connectivity index (χ2n) is 5.58. The Bertz CT molecular complexity index is 867. The van der Waals surface area contributed by atoms with Crippen LogP contribution in [0.4, 0.5) is 8.78 Å². The zero-order chi connectivity index (χ0) is 18.4. The summed E-state index contributed by atoms with van der Waals surface area (Å²) < 4.78 is 28.6. The Kier molecular flexibility index (Phi) is 6.01. The molecule has 1 heterocycles. The summed E-state index contributed by atoms with van der Waals surface area (Å²) in [6, 6.07) is 11.0. The average Bonchev–Trinajstić information content (AvgIpc) is 3.16. The minimum Gasteiger partial charge on any atom is -0.352 e. The number of carbonyl (C=O) groups excluding carboxylic acids is 1. The largest absolute Gasteiger partial charge is 0.352 e. The van der Waals surface area contributed by atoms with Crippen molar-refractivity contribution in [3.8, 4) is 5.69 Å². The van der Waals surface area contributed by atoms with Crippen LogP contribution in [0, 0.1) is 11.6 Å². The Labute approximate surface area is 154 Å². The third-order valence-corrected chi connectivity index (χ3v) is 4.71. The predicted molar refractivity (Wildman–Crippen MR) is 97.1 cm³/mol. The number of hydrogen-bond acceptors (Lipinski definition) is 3. The van der Waals surface area contributed by atoms with Crippen molar-refractivity contribution in [3.05, 3.63) is 78.4 Å². The summed E-state index contributed by atoms with van der Waals surface area (Å²) in [5.74, 6) is -0.176. The number of amides is 1. The van der Waals surface area contributed by atoms with Crippen LogP contribution < -0.4 is 5.32 Å². The molecule has 1 amide bonds. The third-order valence-electron chi connectivity index (χ3n) is 3.70. The first-order valence-electron chi connectivity index (χ1n) is 8.03. The van der Waals surface area contributed by atoms with Crippen LogP contribution >= 0.6 is 11.8 Å². The van der Waals surface area contributed by atoms with Crippen LogP contribution in [-0.2, 0) is 11.3 Å². The number of aromatic nitrogens is 2. The summed E-state index contributed by atoms with van der Waals surface area (Å²) in [6.45, 7) is 0.265. The van der Waals surface area contributed by atoms with E-state index >= 15 is 0 Å². The molecule has 0 aliphatic rings. The lowest BCUT2D eigenvalue weighted by Gasteiger charge is -2.08. The van der Waals surface area contributed by atoms with Crippen molar-refractivity contribution >= 4 is 17.7 Å². The first kappa shape index (κ1) is 18.1. The number of imidazole rings is 1. The molecule has 1 aromatic heterocycles. The van der Waals surface area contributed by atoms with Crippen LogP contribution in [0.5, 0.6) is 0 Å². The molecule has 0 radical (unpaired) electrons. The monoisotopic (exact) mass is 373 g/mol. The van der Waals surface area contributed by atoms with Crippen molar-refractivity contribution in [2.75, 3.05) is 5.75 Å². The summed E-state index contributed by atoms with van der Waals surface area (Å²) in [7, 11) is 0. The number of nitrogens with zero attached hydrogens (tertiary/aromatic N) is 2. The number of halogens is 2. The van der Waals surface area contributed by atoms with Crippen LogP contribution in [-0.4, -0.2) is 21.2 Å². The van der Waals surface area contributed by atoms with Crippen molar-refractivity contribution in [2.45, 2.75) is 17.9 Å². The van der Waals surface area contributed by atoms with E-state index < -0.39 is 0 Å². The van der Waals surface area contributed by atoms with Crippen LogP contribution in [0.3, 0.4) is 0 Å². The maximum Gasteiger partial charge on any atom is 0.221 e. The van der Waals surface area contributed by atoms with E-state index in [4.69, 9.17) is 0 Å². The number of benzene rings is 2. The van der Waals surface area contributed by atoms with Gasteiger partial charge in [-0.25, -0.2) is 13.8 Å². The van der Waals surface area contributed by atoms with Crippen LogP contribution in [0.15, 0.2) is 66.1 Å². The molecule has 0 fully saturated rings. The molecule has 0 spiro atoms. The molecule has 0 atom stereocenters. The lowest BCUT2D eigenvalue weighted by atomic mass is 10.2. The van der Waals surface area contributed by atoms with Gasteiger partial charge in [-0.2, -0.15) is 0 Å². The number of nitrogens with one attached hydrogen (secondary N) is 1. The number of carbonyl (C=O) groups is 1. The normalized spacial score (nSPS) is 10.7. The highest BCUT2D eigenvalue weighted by atomic mass is 32.2. The van der Waals surface area contributed by atoms with Gasteiger partial charge in [0.05, 0.1) is 12.0 Å². The smallest absolute Gasteiger partial charge is 0.221 e. The maximum atomic E-state index is 14.2. The highest BCUT2D eigenvalue weighted by Gasteiger charge is 2.07. The highest BCUT2D eigenvalue weighted by Crippen LogP contribution is 2.19. The van der Waals surface area contributed by atoms with E-state index in [0.717, 1.165) is 4.90 Å². The van der Waals surface area contributed by atoms with Gasteiger partial charge in [0.2, 0.25) is 5.91 Å². The van der Waals surface area contributed by atoms with E-state index in [1.807, 2.05) is 0 Å². The van der Waals surface area contributed by atoms with Gasteiger partial charge < -0.3 is 9.88 Å². The van der Waals surface area contributed by atoms with E-state index in [-0.39, 0.29) is 24.1 Å². The van der Waals surface area contributed by atoms with Gasteiger partial charge in [0.25, 0.3) is 0 Å². The molecule has 1 N–H and O–H groups in total. The second-order valence-corrected chi connectivity index (χ2v) is 6.75. The minimum absolute atomic E-state index is 0.112. The van der Waals surface area contributed by atoms with E-state index in [1.165, 1.54) is 36.3 Å². The molecular weight excluding hydrogens is 356 g/mol. The molecule has 0 unspecified atom stereocenters. The molecule has 2 aromatic carbocycles. The van der Waals surface area contributed by atoms with E-state index in [1.54, 1.807) is 41.2 Å². The van der Waals surface area contributed by atoms with Crippen molar-refractivity contribution in [3.63, 3.8) is 0 Å². The van der Waals surface area contributed by atoms with Gasteiger partial charge in [0, 0.05) is 36.0 Å². The zero-order valence-electron chi connectivity index (χ0n) is 13.9. The Balaban J connectivity index is 1.45. The Hall–Kier alpha value is -2.67. The molecule has 3 aromatic rings. The Morgan fingerprint density at radius 1 is 1.15 bits per heavy atom. The SMILES string of the molecule is O=C(CCSc1ccc(F)cc1)NCc1ccc(-n2ccnc2)c(F)c1. The summed E-state index contributed by atoms with van der Waals surface area (Å²) in [5.41, 5.74) is 1.10. The number of rotatable bonds is 7. The number of thioether (sulfide) groups is 1. The quantitative estimate of drug-likeness (QED) is 0.638. The molecule has 3 rings (SSSR count). The standard InChI is InChI=1S/C19H17F2N3OS/c20-15-2-4-16(5-3-15)26-10-7-19(25)23-12-14-1-6-18(17(21)11-14)24-9-8-22-13-24/h1-6,8-9,11,13H,7,10,12H2,(H,23,25). The number of hydrogen-bond donors (Lipinski definition) is 1. The van der Waals surface area contributed by atoms with Gasteiger partial charge in [-0.1, -0.05) is 6.07 Å². The maximum absolute atomic E-state index is 14.2. The van der Waals surface area contributed by atoms with Crippen molar-refractivity contribution in [1.29, 1.82) is 0 Å². The minimum atomic E-state index is -0.374. The predicted octanol–water partition coefficient (Wildman–Crippen LogP) is 3.95. The first-order chi connectivity index (χ1) is 12.6. The summed E-state index contributed by atoms with van der Waals surface area (Å²) in [6.07, 6.45) is 5.10. The third kappa shape index (κ3) is 4.92. The zero-order valence-corrected chi connectivity index (χ0v) is 14.7. The van der Waals surface area contributed by atoms with Gasteiger partial charge in [0.1, 0.15) is 11.6 Å². The topological polar surface area (TPSA) is 46.9 Å². The Morgan fingerprint density at radius 2 is 1.96 bits per heavy atom. The fourth-order valence-corrected chi connectivity index (χ4v) is 3.20. The van der Waals surface area contributed by atoms with Gasteiger partial charge in [-0.15, -0.1) is 11.8 Å². The Morgan fingerprint density at radius 3 is 2.65 bits per heavy atom. The lowest BCUT2D eigenvalue weighted by molar-refractivity contribution is -0.120. The summed E-state index contributed by atoms with van der Waals surface area (Å²) >= 11 is 1.49. The lowest BCUT2D eigenvalue weighted by Crippen LogP contribution is -2.23. The fourth-order valence-electron chi connectivity index (χ4n) is 2.35. The second kappa shape index (κ2) is 8.62. The molecule has 0 saturated heterocycles. The van der Waals surface area contributed by atoms with Gasteiger partial charge in [-0.05, 0) is 42.0 Å². The highest BCUT2D eigenvalue weighted by molar-refractivity contribution is 7.99. The molecule has 4 nitrogen and oxygen atoms in total. The molecule has 0 aliphatic carbocycles. The summed E-state index contributed by atoms with van der Waals surface area (Å²) in [4.78, 5) is 16.7. The van der Waals surface area contributed by atoms with Crippen LogP contribution in [0.2, 0.25) is 0 Å². The molecular formula is C19H17F2N3OS. The van der Waals surface area contributed by atoms with E-state index in [9.17, 15) is 13.6 Å². The van der Waals surface area contributed by atoms with E-state index in [0.29, 0.717) is 23.4 Å². The summed E-state index contributed by atoms with van der Waals surface area (Å²) in [5, 5.41) is 2.78. The van der Waals surface area contributed by atoms with Crippen molar-refractivity contribution < 1.29 is 13.6 Å². The molecule has 134 valence electrons. The molecule has 7 heteroatoms. The van der Waals surface area contributed by atoms with Crippen molar-refractivity contribution in [2.24, 2.45) is 0 Å². The van der Waals surface area contributed by atoms with Crippen LogP contribution in [0.25, 0.3) is 5.69 Å². The van der Waals surface area contributed by atoms with Gasteiger partial charge in [0.15, 0.2) is 0 Å². The average molecular weight is 373 g/mol. The molecule has 26 heavy (non-hydrogen) atoms. The molecule has 0 aliphatic heterocycles. The van der Waals surface area contributed by atoms with E-state index in [2.05, 4.69) is 10.3 Å². The molecule has 0 saturated carbocycles. The molecule has 0 bridgehead atoms. The first-order valence-corrected chi connectivity index (χ1v) is 9.02.